The summed E-state index contributed by atoms with van der Waals surface area (Å²) in [6.45, 7) is 8.16. The molecule has 1 heterocycles. The number of aliphatic hydroxyl groups is 1. The van der Waals surface area contributed by atoms with Gasteiger partial charge in [-0.15, -0.1) is 0 Å². The molecule has 5 nitrogen and oxygen atoms in total. The van der Waals surface area contributed by atoms with Gasteiger partial charge in [-0.05, 0) is 51.0 Å². The van der Waals surface area contributed by atoms with Gasteiger partial charge in [0.15, 0.2) is 0 Å². The number of carbonyl (C=O) groups excluding carboxylic acids is 1. The van der Waals surface area contributed by atoms with Crippen molar-refractivity contribution in [1.82, 2.24) is 9.80 Å². The molecule has 0 aliphatic carbocycles. The highest BCUT2D eigenvalue weighted by Crippen LogP contribution is 2.28. The Bertz CT molecular complexity index is 648. The number of piperidine rings is 1. The first-order valence-electron chi connectivity index (χ1n) is 9.35. The van der Waals surface area contributed by atoms with Crippen LogP contribution in [0.3, 0.4) is 0 Å². The van der Waals surface area contributed by atoms with Crippen LogP contribution in [0.25, 0.3) is 5.57 Å². The van der Waals surface area contributed by atoms with Crippen molar-refractivity contribution in [2.75, 3.05) is 47.9 Å². The maximum Gasteiger partial charge on any atom is 0.419 e. The minimum atomic E-state index is -0.377. The molecule has 0 saturated carbocycles. The largest absolute Gasteiger partial charge is 0.419 e. The van der Waals surface area contributed by atoms with Crippen molar-refractivity contribution in [2.45, 2.75) is 31.8 Å². The first-order valence-corrected chi connectivity index (χ1v) is 9.35. The number of urea groups is 1. The molecule has 1 aliphatic heterocycles. The quantitative estimate of drug-likeness (QED) is 0.821. The number of amides is 2. The summed E-state index contributed by atoms with van der Waals surface area (Å²) in [6, 6.07) is 7.88. The van der Waals surface area contributed by atoms with Gasteiger partial charge >= 0.3 is 6.03 Å². The maximum absolute atomic E-state index is 13.3. The van der Waals surface area contributed by atoms with Crippen molar-refractivity contribution in [2.24, 2.45) is 0 Å². The average molecular weight is 361 g/mol. The second-order valence-corrected chi connectivity index (χ2v) is 8.01. The van der Waals surface area contributed by atoms with Gasteiger partial charge in [0.05, 0.1) is 14.1 Å². The SMILES string of the molecule is C=C(c1ccccc1C)C(CO)[N+](C)(C)C(=O)N(C)C1CCN(C)CC1. The normalized spacial score (nSPS) is 17.8. The van der Waals surface area contributed by atoms with E-state index in [1.54, 1.807) is 0 Å². The molecule has 0 spiro atoms. The van der Waals surface area contributed by atoms with Crippen molar-refractivity contribution < 1.29 is 14.4 Å². The van der Waals surface area contributed by atoms with Gasteiger partial charge in [-0.3, -0.25) is 4.90 Å². The molecule has 5 heteroatoms. The minimum absolute atomic E-state index is 0.0216. The number of hydrogen-bond acceptors (Lipinski definition) is 3. The van der Waals surface area contributed by atoms with Crippen LogP contribution in [0.15, 0.2) is 30.8 Å². The van der Waals surface area contributed by atoms with Crippen molar-refractivity contribution in [3.63, 3.8) is 0 Å². The third kappa shape index (κ3) is 4.17. The molecule has 0 bridgehead atoms. The third-order valence-corrected chi connectivity index (χ3v) is 5.88. The second-order valence-electron chi connectivity index (χ2n) is 8.01. The summed E-state index contributed by atoms with van der Waals surface area (Å²) in [7, 11) is 7.76. The van der Waals surface area contributed by atoms with Crippen molar-refractivity contribution >= 4 is 11.6 Å². The van der Waals surface area contributed by atoms with Crippen LogP contribution in [-0.4, -0.2) is 85.4 Å². The van der Waals surface area contributed by atoms with E-state index in [1.807, 2.05) is 57.2 Å². The number of hydrogen-bond donors (Lipinski definition) is 1. The lowest BCUT2D eigenvalue weighted by Crippen LogP contribution is -2.61. The number of rotatable bonds is 5. The number of likely N-dealkylation sites (N-methyl/N-ethyl adjacent to an activating group) is 1. The Morgan fingerprint density at radius 1 is 1.35 bits per heavy atom. The first-order chi connectivity index (χ1) is 12.2. The molecule has 26 heavy (non-hydrogen) atoms. The smallest absolute Gasteiger partial charge is 0.390 e. The number of quaternary nitrogens is 1. The molecule has 1 fully saturated rings. The molecule has 0 radical (unpaired) electrons. The van der Waals surface area contributed by atoms with Gasteiger partial charge in [0, 0.05) is 18.7 Å². The van der Waals surface area contributed by atoms with E-state index in [9.17, 15) is 9.90 Å². The fourth-order valence-corrected chi connectivity index (χ4v) is 3.89. The molecule has 1 aliphatic rings. The Kier molecular flexibility index (Phi) is 6.61. The maximum atomic E-state index is 13.3. The summed E-state index contributed by atoms with van der Waals surface area (Å²) in [4.78, 5) is 17.5. The van der Waals surface area contributed by atoms with Gasteiger partial charge < -0.3 is 10.0 Å². The summed E-state index contributed by atoms with van der Waals surface area (Å²) in [5.74, 6) is 0. The zero-order valence-corrected chi connectivity index (χ0v) is 16.9. The molecule has 2 amide bonds. The Morgan fingerprint density at radius 2 is 1.92 bits per heavy atom. The second kappa shape index (κ2) is 8.33. The summed E-state index contributed by atoms with van der Waals surface area (Å²) in [6.07, 6.45) is 1.97. The lowest BCUT2D eigenvalue weighted by molar-refractivity contribution is -0.831. The third-order valence-electron chi connectivity index (χ3n) is 5.88. The van der Waals surface area contributed by atoms with Gasteiger partial charge in [-0.1, -0.05) is 30.8 Å². The van der Waals surface area contributed by atoms with Gasteiger partial charge in [0.25, 0.3) is 0 Å². The molecule has 1 saturated heterocycles. The highest BCUT2D eigenvalue weighted by atomic mass is 16.3. The Morgan fingerprint density at radius 3 is 2.46 bits per heavy atom. The molecular weight excluding hydrogens is 326 g/mol. The molecule has 1 aromatic carbocycles. The van der Waals surface area contributed by atoms with Crippen LogP contribution in [0.1, 0.15) is 24.0 Å². The van der Waals surface area contributed by atoms with Gasteiger partial charge in [-0.2, -0.15) is 0 Å². The van der Waals surface area contributed by atoms with Gasteiger partial charge in [0.1, 0.15) is 12.6 Å². The molecule has 1 aromatic rings. The standard InChI is InChI=1S/C21H34N3O2/c1-16-9-7-8-10-19(16)17(2)20(15-25)24(5,6)21(26)23(4)18-11-13-22(3)14-12-18/h7-10,18,20,25H,2,11-15H2,1,3-6H3/q+1. The monoisotopic (exact) mass is 360 g/mol. The lowest BCUT2D eigenvalue weighted by atomic mass is 9.94. The number of aryl methyl sites for hydroxylation is 1. The van der Waals surface area contributed by atoms with Crippen LogP contribution in [0.5, 0.6) is 0 Å². The topological polar surface area (TPSA) is 43.8 Å². The summed E-state index contributed by atoms with van der Waals surface area (Å²) < 4.78 is 0.0620. The highest BCUT2D eigenvalue weighted by Gasteiger charge is 2.42. The van der Waals surface area contributed by atoms with E-state index < -0.39 is 0 Å². The zero-order chi connectivity index (χ0) is 19.5. The summed E-state index contributed by atoms with van der Waals surface area (Å²) >= 11 is 0. The predicted molar refractivity (Wildman–Crippen MR) is 107 cm³/mol. The molecule has 0 aromatic heterocycles. The van der Waals surface area contributed by atoms with E-state index in [0.29, 0.717) is 0 Å². The van der Waals surface area contributed by atoms with E-state index >= 15 is 0 Å². The predicted octanol–water partition coefficient (Wildman–Crippen LogP) is 2.59. The Balaban J connectivity index is 2.20. The summed E-state index contributed by atoms with van der Waals surface area (Å²) in [5.41, 5.74) is 2.92. The fourth-order valence-electron chi connectivity index (χ4n) is 3.89. The number of likely N-dealkylation sites (tertiary alicyclic amines) is 1. The molecular formula is C21H34N3O2+. The van der Waals surface area contributed by atoms with Crippen LogP contribution in [0, 0.1) is 6.92 Å². The molecule has 1 unspecified atom stereocenters. The Hall–Kier alpha value is -1.69. The van der Waals surface area contributed by atoms with Crippen LogP contribution in [-0.2, 0) is 0 Å². The lowest BCUT2D eigenvalue weighted by Gasteiger charge is -2.41. The van der Waals surface area contributed by atoms with Crippen molar-refractivity contribution in [3.05, 3.63) is 42.0 Å². The number of aliphatic hydroxyl groups excluding tert-OH is 1. The zero-order valence-electron chi connectivity index (χ0n) is 16.9. The van der Waals surface area contributed by atoms with Gasteiger partial charge in [-0.25, -0.2) is 9.28 Å². The fraction of sp³-hybridized carbons (Fsp3) is 0.571. The number of nitrogens with zero attached hydrogens (tertiary/aromatic N) is 3. The van der Waals surface area contributed by atoms with E-state index in [1.165, 1.54) is 0 Å². The van der Waals surface area contributed by atoms with E-state index in [0.717, 1.165) is 42.6 Å². The van der Waals surface area contributed by atoms with E-state index in [-0.39, 0.29) is 29.2 Å². The van der Waals surface area contributed by atoms with Crippen molar-refractivity contribution in [1.29, 1.82) is 0 Å². The Labute approximate surface area is 158 Å². The van der Waals surface area contributed by atoms with E-state index in [4.69, 9.17) is 0 Å². The molecule has 2 rings (SSSR count). The molecule has 1 atom stereocenters. The minimum Gasteiger partial charge on any atom is -0.390 e. The van der Waals surface area contributed by atoms with Crippen LogP contribution < -0.4 is 0 Å². The van der Waals surface area contributed by atoms with Crippen molar-refractivity contribution in [3.8, 4) is 0 Å². The number of benzene rings is 1. The van der Waals surface area contributed by atoms with Crippen LogP contribution in [0.4, 0.5) is 4.79 Å². The first kappa shape index (κ1) is 20.6. The summed E-state index contributed by atoms with van der Waals surface area (Å²) in [5, 5.41) is 10.1. The molecule has 144 valence electrons. The number of carbonyl (C=O) groups is 1. The average Bonchev–Trinajstić information content (AvgIpc) is 2.61. The molecule has 1 N–H and O–H groups in total. The van der Waals surface area contributed by atoms with Crippen LogP contribution >= 0.6 is 0 Å². The van der Waals surface area contributed by atoms with Crippen LogP contribution in [0.2, 0.25) is 0 Å². The highest BCUT2D eigenvalue weighted by molar-refractivity contribution is 5.73. The van der Waals surface area contributed by atoms with Gasteiger partial charge in [0.2, 0.25) is 0 Å². The van der Waals surface area contributed by atoms with E-state index in [2.05, 4.69) is 18.5 Å².